The van der Waals surface area contributed by atoms with E-state index < -0.39 is 5.97 Å². The van der Waals surface area contributed by atoms with Gasteiger partial charge < -0.3 is 5.11 Å². The second-order valence-corrected chi connectivity index (χ2v) is 4.70. The molecule has 0 saturated carbocycles. The zero-order valence-electron chi connectivity index (χ0n) is 11.4. The third kappa shape index (κ3) is 2.53. The van der Waals surface area contributed by atoms with Gasteiger partial charge in [-0.25, -0.2) is 9.78 Å². The summed E-state index contributed by atoms with van der Waals surface area (Å²) >= 11 is 0. The quantitative estimate of drug-likeness (QED) is 0.800. The maximum Gasteiger partial charge on any atom is 0.356 e. The largest absolute Gasteiger partial charge is 0.476 e. The number of pyridine rings is 1. The fourth-order valence-corrected chi connectivity index (χ4v) is 2.09. The van der Waals surface area contributed by atoms with Crippen LogP contribution < -0.4 is 0 Å². The summed E-state index contributed by atoms with van der Waals surface area (Å²) in [6.45, 7) is 2.00. The Morgan fingerprint density at radius 3 is 2.38 bits per heavy atom. The SMILES string of the molecule is Cc1ccc(-c2nc(C(=O)O)cn2-c2ccncc2)cc1. The van der Waals surface area contributed by atoms with E-state index in [9.17, 15) is 9.90 Å². The second kappa shape index (κ2) is 5.20. The predicted octanol–water partition coefficient (Wildman–Crippen LogP) is 2.94. The van der Waals surface area contributed by atoms with Gasteiger partial charge in [-0.2, -0.15) is 0 Å². The molecule has 0 aliphatic rings. The van der Waals surface area contributed by atoms with Crippen LogP contribution in [-0.2, 0) is 0 Å². The minimum Gasteiger partial charge on any atom is -0.476 e. The fraction of sp³-hybridized carbons (Fsp3) is 0.0625. The topological polar surface area (TPSA) is 68.0 Å². The zero-order valence-corrected chi connectivity index (χ0v) is 11.4. The minimum atomic E-state index is -1.05. The molecule has 2 heterocycles. The van der Waals surface area contributed by atoms with Crippen molar-refractivity contribution in [3.63, 3.8) is 0 Å². The second-order valence-electron chi connectivity index (χ2n) is 4.70. The predicted molar refractivity (Wildman–Crippen MR) is 78.5 cm³/mol. The molecule has 0 radical (unpaired) electrons. The summed E-state index contributed by atoms with van der Waals surface area (Å²) in [7, 11) is 0. The molecule has 0 aliphatic heterocycles. The van der Waals surface area contributed by atoms with Crippen LogP contribution in [0.25, 0.3) is 17.1 Å². The van der Waals surface area contributed by atoms with Gasteiger partial charge in [0.05, 0.1) is 5.69 Å². The summed E-state index contributed by atoms with van der Waals surface area (Å²) in [4.78, 5) is 19.4. The Bertz CT molecular complexity index is 777. The number of rotatable bonds is 3. The van der Waals surface area contributed by atoms with Crippen LogP contribution in [0.5, 0.6) is 0 Å². The normalized spacial score (nSPS) is 10.5. The molecule has 0 saturated heterocycles. The highest BCUT2D eigenvalue weighted by molar-refractivity contribution is 5.86. The molecule has 1 N–H and O–H groups in total. The summed E-state index contributed by atoms with van der Waals surface area (Å²) < 4.78 is 1.76. The first kappa shape index (κ1) is 13.1. The first-order valence-electron chi connectivity index (χ1n) is 6.45. The van der Waals surface area contributed by atoms with Crippen LogP contribution in [0, 0.1) is 6.92 Å². The molecular formula is C16H13N3O2. The lowest BCUT2D eigenvalue weighted by atomic mass is 10.1. The van der Waals surface area contributed by atoms with E-state index in [1.165, 1.54) is 6.20 Å². The molecule has 2 aromatic heterocycles. The maximum absolute atomic E-state index is 11.2. The number of aromatic nitrogens is 3. The van der Waals surface area contributed by atoms with Crippen LogP contribution in [0.2, 0.25) is 0 Å². The minimum absolute atomic E-state index is 0.0161. The maximum atomic E-state index is 11.2. The lowest BCUT2D eigenvalue weighted by Gasteiger charge is -2.07. The molecule has 3 rings (SSSR count). The summed E-state index contributed by atoms with van der Waals surface area (Å²) in [5, 5.41) is 9.17. The molecule has 5 heteroatoms. The standard InChI is InChI=1S/C16H13N3O2/c1-11-2-4-12(5-3-11)15-18-14(16(20)21)10-19(15)13-6-8-17-9-7-13/h2-10H,1H3,(H,20,21). The Labute approximate surface area is 121 Å². The van der Waals surface area contributed by atoms with Gasteiger partial charge in [0.1, 0.15) is 5.82 Å². The number of aryl methyl sites for hydroxylation is 1. The lowest BCUT2D eigenvalue weighted by Crippen LogP contribution is -1.96. The summed E-state index contributed by atoms with van der Waals surface area (Å²) in [6, 6.07) is 11.4. The molecule has 0 bridgehead atoms. The number of carboxylic acid groups (broad SMARTS) is 1. The van der Waals surface area contributed by atoms with Gasteiger partial charge in [0.15, 0.2) is 5.69 Å². The van der Waals surface area contributed by atoms with Gasteiger partial charge in [-0.05, 0) is 19.1 Å². The first-order chi connectivity index (χ1) is 10.1. The highest BCUT2D eigenvalue weighted by atomic mass is 16.4. The van der Waals surface area contributed by atoms with Crippen molar-refractivity contribution in [2.24, 2.45) is 0 Å². The van der Waals surface area contributed by atoms with Gasteiger partial charge in [0, 0.05) is 24.2 Å². The van der Waals surface area contributed by atoms with Crippen LogP contribution in [0.15, 0.2) is 55.0 Å². The van der Waals surface area contributed by atoms with E-state index in [2.05, 4.69) is 9.97 Å². The highest BCUT2D eigenvalue weighted by Gasteiger charge is 2.15. The number of imidazole rings is 1. The van der Waals surface area contributed by atoms with E-state index in [1.807, 2.05) is 43.3 Å². The van der Waals surface area contributed by atoms with Crippen molar-refractivity contribution >= 4 is 5.97 Å². The highest BCUT2D eigenvalue weighted by Crippen LogP contribution is 2.23. The molecule has 3 aromatic rings. The molecule has 21 heavy (non-hydrogen) atoms. The number of aromatic carboxylic acids is 1. The summed E-state index contributed by atoms with van der Waals surface area (Å²) in [5.74, 6) is -0.449. The number of hydrogen-bond donors (Lipinski definition) is 1. The van der Waals surface area contributed by atoms with Crippen LogP contribution in [0.3, 0.4) is 0 Å². The van der Waals surface area contributed by atoms with E-state index in [0.717, 1.165) is 16.8 Å². The molecule has 0 spiro atoms. The van der Waals surface area contributed by atoms with Gasteiger partial charge in [0.25, 0.3) is 0 Å². The van der Waals surface area contributed by atoms with Gasteiger partial charge in [-0.3, -0.25) is 9.55 Å². The molecule has 0 aliphatic carbocycles. The number of nitrogens with zero attached hydrogens (tertiary/aromatic N) is 3. The van der Waals surface area contributed by atoms with E-state index in [-0.39, 0.29) is 5.69 Å². The van der Waals surface area contributed by atoms with Crippen molar-refractivity contribution < 1.29 is 9.90 Å². The van der Waals surface area contributed by atoms with E-state index in [0.29, 0.717) is 5.82 Å². The van der Waals surface area contributed by atoms with E-state index in [4.69, 9.17) is 0 Å². The smallest absolute Gasteiger partial charge is 0.356 e. The average molecular weight is 279 g/mol. The Hall–Kier alpha value is -2.95. The molecule has 0 atom stereocenters. The van der Waals surface area contributed by atoms with E-state index in [1.54, 1.807) is 17.0 Å². The van der Waals surface area contributed by atoms with Gasteiger partial charge in [-0.15, -0.1) is 0 Å². The van der Waals surface area contributed by atoms with Crippen molar-refractivity contribution in [2.75, 3.05) is 0 Å². The van der Waals surface area contributed by atoms with Crippen molar-refractivity contribution in [2.45, 2.75) is 6.92 Å². The Kier molecular flexibility index (Phi) is 3.23. The molecule has 104 valence electrons. The monoisotopic (exact) mass is 279 g/mol. The Balaban J connectivity index is 2.19. The van der Waals surface area contributed by atoms with Gasteiger partial charge in [0.2, 0.25) is 0 Å². The number of benzene rings is 1. The van der Waals surface area contributed by atoms with Crippen LogP contribution >= 0.6 is 0 Å². The van der Waals surface area contributed by atoms with Crippen LogP contribution in [0.1, 0.15) is 16.1 Å². The number of carboxylic acids is 1. The zero-order chi connectivity index (χ0) is 14.8. The lowest BCUT2D eigenvalue weighted by molar-refractivity contribution is 0.0691. The molecule has 0 unspecified atom stereocenters. The Morgan fingerprint density at radius 1 is 1.10 bits per heavy atom. The van der Waals surface area contributed by atoms with Crippen molar-refractivity contribution in [3.8, 4) is 17.1 Å². The molecule has 5 nitrogen and oxygen atoms in total. The first-order valence-corrected chi connectivity index (χ1v) is 6.45. The van der Waals surface area contributed by atoms with Crippen LogP contribution in [0.4, 0.5) is 0 Å². The average Bonchev–Trinajstić information content (AvgIpc) is 2.94. The molecule has 0 amide bonds. The fourth-order valence-electron chi connectivity index (χ4n) is 2.09. The number of carbonyl (C=O) groups is 1. The molecule has 0 fully saturated rings. The van der Waals surface area contributed by atoms with Crippen molar-refractivity contribution in [1.82, 2.24) is 14.5 Å². The Morgan fingerprint density at radius 2 is 1.76 bits per heavy atom. The van der Waals surface area contributed by atoms with Gasteiger partial charge >= 0.3 is 5.97 Å². The molecular weight excluding hydrogens is 266 g/mol. The summed E-state index contributed by atoms with van der Waals surface area (Å²) in [5.41, 5.74) is 2.84. The van der Waals surface area contributed by atoms with Crippen molar-refractivity contribution in [1.29, 1.82) is 0 Å². The van der Waals surface area contributed by atoms with Crippen molar-refractivity contribution in [3.05, 3.63) is 66.2 Å². The third-order valence-electron chi connectivity index (χ3n) is 3.18. The van der Waals surface area contributed by atoms with Gasteiger partial charge in [-0.1, -0.05) is 29.8 Å². The third-order valence-corrected chi connectivity index (χ3v) is 3.18. The van der Waals surface area contributed by atoms with Crippen LogP contribution in [-0.4, -0.2) is 25.6 Å². The summed E-state index contributed by atoms with van der Waals surface area (Å²) in [6.07, 6.45) is 4.84. The number of hydrogen-bond acceptors (Lipinski definition) is 3. The van der Waals surface area contributed by atoms with E-state index >= 15 is 0 Å². The molecule has 1 aromatic carbocycles.